The summed E-state index contributed by atoms with van der Waals surface area (Å²) in [5.41, 5.74) is 0.818. The van der Waals surface area contributed by atoms with Gasteiger partial charge in [0.15, 0.2) is 6.29 Å². The molecule has 112 valence electrons. The lowest BCUT2D eigenvalue weighted by atomic mass is 10.1. The number of hydrogen-bond donors (Lipinski definition) is 0. The molecule has 4 heteroatoms. The molecular formula is C18H16OS3. The lowest BCUT2D eigenvalue weighted by molar-refractivity contribution is 0.112. The first-order valence-electron chi connectivity index (χ1n) is 7.58. The molecule has 0 amide bonds. The topological polar surface area (TPSA) is 17.1 Å². The van der Waals surface area contributed by atoms with Crippen LogP contribution in [0.3, 0.4) is 0 Å². The van der Waals surface area contributed by atoms with Crippen LogP contribution < -0.4 is 0 Å². The van der Waals surface area contributed by atoms with Crippen molar-refractivity contribution >= 4 is 40.3 Å². The fourth-order valence-electron chi connectivity index (χ4n) is 3.13. The van der Waals surface area contributed by atoms with Crippen molar-refractivity contribution in [3.8, 4) is 19.5 Å². The van der Waals surface area contributed by atoms with Crippen LogP contribution in [0.25, 0.3) is 19.5 Å². The van der Waals surface area contributed by atoms with Gasteiger partial charge in [-0.3, -0.25) is 4.79 Å². The Hall–Kier alpha value is -1.23. The van der Waals surface area contributed by atoms with Crippen molar-refractivity contribution in [2.45, 2.75) is 31.6 Å². The highest BCUT2D eigenvalue weighted by molar-refractivity contribution is 7.26. The molecule has 1 nitrogen and oxygen atoms in total. The fourth-order valence-corrected chi connectivity index (χ4v) is 6.39. The van der Waals surface area contributed by atoms with E-state index < -0.39 is 0 Å². The first-order chi connectivity index (χ1) is 10.8. The maximum atomic E-state index is 11.4. The Bertz CT molecular complexity index is 773. The van der Waals surface area contributed by atoms with Crippen molar-refractivity contribution in [2.75, 3.05) is 0 Å². The highest BCUT2D eigenvalue weighted by Crippen LogP contribution is 2.44. The van der Waals surface area contributed by atoms with Gasteiger partial charge in [-0.15, -0.1) is 34.0 Å². The molecule has 0 aromatic carbocycles. The number of aldehydes is 1. The Labute approximate surface area is 142 Å². The molecule has 0 unspecified atom stereocenters. The van der Waals surface area contributed by atoms with Crippen LogP contribution in [0.1, 0.15) is 46.8 Å². The zero-order chi connectivity index (χ0) is 14.9. The molecule has 0 bridgehead atoms. The Balaban J connectivity index is 1.69. The molecule has 4 rings (SSSR count). The van der Waals surface area contributed by atoms with Gasteiger partial charge in [-0.25, -0.2) is 0 Å². The first-order valence-corrected chi connectivity index (χ1v) is 10.1. The molecular weight excluding hydrogens is 328 g/mol. The van der Waals surface area contributed by atoms with Crippen LogP contribution in [0, 0.1) is 0 Å². The average molecular weight is 345 g/mol. The van der Waals surface area contributed by atoms with Gasteiger partial charge >= 0.3 is 0 Å². The van der Waals surface area contributed by atoms with Crippen LogP contribution in [0.15, 0.2) is 35.7 Å². The fraction of sp³-hybridized carbons (Fsp3) is 0.278. The number of carbonyl (C=O) groups is 1. The number of hydrogen-bond acceptors (Lipinski definition) is 4. The third-order valence-electron chi connectivity index (χ3n) is 4.26. The summed E-state index contributed by atoms with van der Waals surface area (Å²) in [5.74, 6) is 0.765. The van der Waals surface area contributed by atoms with E-state index in [1.807, 2.05) is 17.4 Å². The Morgan fingerprint density at radius 3 is 2.59 bits per heavy atom. The number of carbonyl (C=O) groups excluding carboxylic acids is 1. The molecule has 1 saturated carbocycles. The van der Waals surface area contributed by atoms with E-state index >= 15 is 0 Å². The summed E-state index contributed by atoms with van der Waals surface area (Å²) in [5, 5.41) is 2.06. The van der Waals surface area contributed by atoms with E-state index in [1.54, 1.807) is 22.7 Å². The average Bonchev–Trinajstić information content (AvgIpc) is 3.33. The third kappa shape index (κ3) is 2.60. The zero-order valence-corrected chi connectivity index (χ0v) is 14.5. The van der Waals surface area contributed by atoms with E-state index in [-0.39, 0.29) is 0 Å². The number of thiophene rings is 3. The molecule has 1 aliphatic carbocycles. The second-order valence-corrected chi connectivity index (χ2v) is 8.79. The van der Waals surface area contributed by atoms with Gasteiger partial charge < -0.3 is 0 Å². The molecule has 0 N–H and O–H groups in total. The first kappa shape index (κ1) is 14.4. The molecule has 3 aromatic rings. The summed E-state index contributed by atoms with van der Waals surface area (Å²) in [6.45, 7) is 0. The van der Waals surface area contributed by atoms with Crippen LogP contribution in [-0.2, 0) is 0 Å². The summed E-state index contributed by atoms with van der Waals surface area (Å²) < 4.78 is 0. The molecule has 1 fully saturated rings. The van der Waals surface area contributed by atoms with Crippen molar-refractivity contribution in [3.05, 3.63) is 46.2 Å². The van der Waals surface area contributed by atoms with E-state index in [0.717, 1.165) is 22.6 Å². The molecule has 3 aromatic heterocycles. The van der Waals surface area contributed by atoms with Crippen molar-refractivity contribution in [1.29, 1.82) is 0 Å². The summed E-state index contributed by atoms with van der Waals surface area (Å²) in [4.78, 5) is 17.7. The Morgan fingerprint density at radius 2 is 1.86 bits per heavy atom. The highest BCUT2D eigenvalue weighted by atomic mass is 32.1. The van der Waals surface area contributed by atoms with Crippen LogP contribution in [0.5, 0.6) is 0 Å². The van der Waals surface area contributed by atoms with E-state index in [1.165, 1.54) is 45.2 Å². The largest absolute Gasteiger partial charge is 0.298 e. The van der Waals surface area contributed by atoms with Crippen molar-refractivity contribution < 1.29 is 4.79 Å². The summed E-state index contributed by atoms with van der Waals surface area (Å²) in [6, 6.07) is 10.7. The van der Waals surface area contributed by atoms with E-state index in [9.17, 15) is 4.79 Å². The molecule has 1 aliphatic rings. The monoisotopic (exact) mass is 344 g/mol. The van der Waals surface area contributed by atoms with Crippen molar-refractivity contribution in [3.63, 3.8) is 0 Å². The van der Waals surface area contributed by atoms with Crippen LogP contribution >= 0.6 is 34.0 Å². The zero-order valence-electron chi connectivity index (χ0n) is 12.1. The molecule has 0 aliphatic heterocycles. The minimum absolute atomic E-state index is 0.765. The van der Waals surface area contributed by atoms with Gasteiger partial charge in [0, 0.05) is 25.1 Å². The quantitative estimate of drug-likeness (QED) is 0.483. The lowest BCUT2D eigenvalue weighted by Gasteiger charge is -2.03. The smallest absolute Gasteiger partial charge is 0.151 e. The van der Waals surface area contributed by atoms with E-state index in [0.29, 0.717) is 0 Å². The maximum absolute atomic E-state index is 11.4. The molecule has 0 spiro atoms. The van der Waals surface area contributed by atoms with Crippen LogP contribution in [-0.4, -0.2) is 6.29 Å². The maximum Gasteiger partial charge on any atom is 0.151 e. The van der Waals surface area contributed by atoms with Crippen molar-refractivity contribution in [1.82, 2.24) is 0 Å². The predicted molar refractivity (Wildman–Crippen MR) is 97.5 cm³/mol. The number of rotatable bonds is 4. The van der Waals surface area contributed by atoms with Crippen molar-refractivity contribution in [2.24, 2.45) is 0 Å². The predicted octanol–water partition coefficient (Wildman–Crippen LogP) is 6.68. The molecule has 0 saturated heterocycles. The van der Waals surface area contributed by atoms with Gasteiger partial charge in [0.1, 0.15) is 0 Å². The molecule has 22 heavy (non-hydrogen) atoms. The third-order valence-corrected chi connectivity index (χ3v) is 7.90. The highest BCUT2D eigenvalue weighted by Gasteiger charge is 2.20. The summed E-state index contributed by atoms with van der Waals surface area (Å²) in [7, 11) is 0. The van der Waals surface area contributed by atoms with Gasteiger partial charge in [-0.05, 0) is 48.4 Å². The Kier molecular flexibility index (Phi) is 3.99. The van der Waals surface area contributed by atoms with Gasteiger partial charge in [0.05, 0.1) is 4.88 Å². The van der Waals surface area contributed by atoms with E-state index in [4.69, 9.17) is 0 Å². The van der Waals surface area contributed by atoms with Gasteiger partial charge in [0.2, 0.25) is 0 Å². The minimum Gasteiger partial charge on any atom is -0.298 e. The SMILES string of the molecule is O=Cc1cc(-c2ccc(C3CCCC3)s2)sc1-c1cccs1. The molecule has 0 radical (unpaired) electrons. The van der Waals surface area contributed by atoms with Gasteiger partial charge in [-0.2, -0.15) is 0 Å². The normalized spacial score (nSPS) is 15.5. The Morgan fingerprint density at radius 1 is 1.00 bits per heavy atom. The second-order valence-electron chi connectivity index (χ2n) is 5.67. The van der Waals surface area contributed by atoms with Gasteiger partial charge in [-0.1, -0.05) is 18.9 Å². The standard InChI is InChI=1S/C18H16OS3/c19-11-13-10-17(22-18(13)16-6-3-9-20-16)15-8-7-14(21-15)12-4-1-2-5-12/h3,6-12H,1-2,4-5H2. The van der Waals surface area contributed by atoms with E-state index in [2.05, 4.69) is 29.6 Å². The summed E-state index contributed by atoms with van der Waals surface area (Å²) in [6.07, 6.45) is 6.40. The van der Waals surface area contributed by atoms with Crippen LogP contribution in [0.2, 0.25) is 0 Å². The molecule has 3 heterocycles. The summed E-state index contributed by atoms with van der Waals surface area (Å²) >= 11 is 5.35. The molecule has 0 atom stereocenters. The minimum atomic E-state index is 0.765. The van der Waals surface area contributed by atoms with Crippen LogP contribution in [0.4, 0.5) is 0 Å². The lowest BCUT2D eigenvalue weighted by Crippen LogP contribution is -1.85. The second kappa shape index (κ2) is 6.11. The van der Waals surface area contributed by atoms with Gasteiger partial charge in [0.25, 0.3) is 0 Å².